The number of nitrogens with zero attached hydrogens (tertiary/aromatic N) is 4. The molecule has 3 aromatic rings. The zero-order valence-corrected chi connectivity index (χ0v) is 15.6. The monoisotopic (exact) mass is 365 g/mol. The number of nitrogens with two attached hydrogens (primary N) is 1. The van der Waals surface area contributed by atoms with Crippen molar-refractivity contribution in [1.82, 2.24) is 15.0 Å². The number of methoxy groups -OCH3 is 2. The summed E-state index contributed by atoms with van der Waals surface area (Å²) < 4.78 is 10.8. The van der Waals surface area contributed by atoms with Crippen LogP contribution in [-0.2, 0) is 0 Å². The molecule has 27 heavy (non-hydrogen) atoms. The molecule has 3 heterocycles. The van der Waals surface area contributed by atoms with Gasteiger partial charge in [0.25, 0.3) is 0 Å². The molecular weight excluding hydrogens is 342 g/mol. The first-order valence-corrected chi connectivity index (χ1v) is 9.10. The van der Waals surface area contributed by atoms with Gasteiger partial charge in [0.1, 0.15) is 5.82 Å². The molecule has 2 N–H and O–H groups in total. The minimum Gasteiger partial charge on any atom is -0.493 e. The third-order valence-electron chi connectivity index (χ3n) is 4.92. The Labute approximate surface area is 158 Å². The Kier molecular flexibility index (Phi) is 4.66. The smallest absolute Gasteiger partial charge is 0.224 e. The second kappa shape index (κ2) is 7.26. The molecule has 1 aliphatic heterocycles. The molecule has 0 spiro atoms. The lowest BCUT2D eigenvalue weighted by Gasteiger charge is -2.28. The predicted octanol–water partition coefficient (Wildman–Crippen LogP) is 3.28. The fourth-order valence-electron chi connectivity index (χ4n) is 3.53. The van der Waals surface area contributed by atoms with Gasteiger partial charge < -0.3 is 20.1 Å². The minimum atomic E-state index is 0.259. The van der Waals surface area contributed by atoms with E-state index >= 15 is 0 Å². The van der Waals surface area contributed by atoms with Gasteiger partial charge in [0.2, 0.25) is 5.95 Å². The van der Waals surface area contributed by atoms with E-state index in [0.29, 0.717) is 17.1 Å². The summed E-state index contributed by atoms with van der Waals surface area (Å²) in [6, 6.07) is 7.90. The van der Waals surface area contributed by atoms with Crippen LogP contribution < -0.4 is 20.1 Å². The molecule has 0 unspecified atom stereocenters. The first-order chi connectivity index (χ1) is 13.2. The van der Waals surface area contributed by atoms with Gasteiger partial charge in [0, 0.05) is 24.8 Å². The number of aromatic nitrogens is 3. The summed E-state index contributed by atoms with van der Waals surface area (Å²) in [6.07, 6.45) is 5.38. The third-order valence-corrected chi connectivity index (χ3v) is 4.92. The molecule has 4 rings (SSSR count). The molecular formula is C20H23N5O2. The lowest BCUT2D eigenvalue weighted by atomic mass is 10.1. The van der Waals surface area contributed by atoms with Crippen LogP contribution in [0.15, 0.2) is 30.5 Å². The Morgan fingerprint density at radius 1 is 0.926 bits per heavy atom. The molecule has 0 atom stereocenters. The fourth-order valence-corrected chi connectivity index (χ4v) is 3.53. The number of nitrogen functional groups attached to an aromatic ring is 1. The van der Waals surface area contributed by atoms with E-state index < -0.39 is 0 Å². The number of fused-ring (bicyclic) bond motifs is 1. The van der Waals surface area contributed by atoms with Gasteiger partial charge in [-0.25, -0.2) is 4.98 Å². The van der Waals surface area contributed by atoms with Crippen LogP contribution >= 0.6 is 0 Å². The van der Waals surface area contributed by atoms with Crippen molar-refractivity contribution in [3.63, 3.8) is 0 Å². The van der Waals surface area contributed by atoms with Gasteiger partial charge >= 0.3 is 0 Å². The van der Waals surface area contributed by atoms with Gasteiger partial charge in [-0.2, -0.15) is 9.97 Å². The molecule has 7 nitrogen and oxygen atoms in total. The van der Waals surface area contributed by atoms with Crippen molar-refractivity contribution in [3.8, 4) is 22.6 Å². The summed E-state index contributed by atoms with van der Waals surface area (Å²) >= 11 is 0. The molecule has 7 heteroatoms. The normalized spacial score (nSPS) is 14.4. The van der Waals surface area contributed by atoms with Crippen molar-refractivity contribution < 1.29 is 9.47 Å². The highest BCUT2D eigenvalue weighted by molar-refractivity contribution is 5.91. The van der Waals surface area contributed by atoms with Crippen LogP contribution in [-0.4, -0.2) is 42.3 Å². The maximum atomic E-state index is 5.93. The highest BCUT2D eigenvalue weighted by atomic mass is 16.5. The molecule has 1 fully saturated rings. The van der Waals surface area contributed by atoms with E-state index in [1.165, 1.54) is 6.42 Å². The van der Waals surface area contributed by atoms with Crippen LogP contribution in [0.3, 0.4) is 0 Å². The summed E-state index contributed by atoms with van der Waals surface area (Å²) in [5.74, 6) is 2.50. The number of benzene rings is 1. The molecule has 0 amide bonds. The first kappa shape index (κ1) is 17.3. The van der Waals surface area contributed by atoms with Crippen molar-refractivity contribution in [2.24, 2.45) is 0 Å². The van der Waals surface area contributed by atoms with E-state index in [0.717, 1.165) is 48.3 Å². The summed E-state index contributed by atoms with van der Waals surface area (Å²) in [5, 5.41) is 0.915. The Morgan fingerprint density at radius 3 is 2.44 bits per heavy atom. The summed E-state index contributed by atoms with van der Waals surface area (Å²) in [6.45, 7) is 1.96. The Bertz CT molecular complexity index is 970. The second-order valence-electron chi connectivity index (χ2n) is 6.62. The zero-order chi connectivity index (χ0) is 18.8. The molecule has 2 aromatic heterocycles. The van der Waals surface area contributed by atoms with Crippen LogP contribution in [0.5, 0.6) is 11.5 Å². The topological polar surface area (TPSA) is 86.4 Å². The molecule has 1 saturated heterocycles. The number of ether oxygens (including phenoxy) is 2. The number of anilines is 2. The van der Waals surface area contributed by atoms with Crippen LogP contribution in [0.4, 0.5) is 11.8 Å². The molecule has 1 aromatic carbocycles. The van der Waals surface area contributed by atoms with Crippen molar-refractivity contribution in [3.05, 3.63) is 30.5 Å². The molecule has 0 radical (unpaired) electrons. The van der Waals surface area contributed by atoms with E-state index in [-0.39, 0.29) is 5.95 Å². The van der Waals surface area contributed by atoms with Crippen LogP contribution in [0.25, 0.3) is 22.2 Å². The van der Waals surface area contributed by atoms with Gasteiger partial charge in [0.15, 0.2) is 17.1 Å². The Morgan fingerprint density at radius 2 is 1.70 bits per heavy atom. The highest BCUT2D eigenvalue weighted by Gasteiger charge is 2.18. The number of piperidine rings is 1. The van der Waals surface area contributed by atoms with Crippen LogP contribution in [0.1, 0.15) is 19.3 Å². The lowest BCUT2D eigenvalue weighted by Crippen LogP contribution is -2.30. The van der Waals surface area contributed by atoms with E-state index in [9.17, 15) is 0 Å². The second-order valence-corrected chi connectivity index (χ2v) is 6.62. The van der Waals surface area contributed by atoms with Crippen molar-refractivity contribution in [2.75, 3.05) is 37.9 Å². The third kappa shape index (κ3) is 3.32. The Hall–Kier alpha value is -3.09. The van der Waals surface area contributed by atoms with Gasteiger partial charge in [-0.15, -0.1) is 0 Å². The summed E-state index contributed by atoms with van der Waals surface area (Å²) in [7, 11) is 3.26. The van der Waals surface area contributed by atoms with Gasteiger partial charge in [0.05, 0.1) is 19.6 Å². The summed E-state index contributed by atoms with van der Waals surface area (Å²) in [5.41, 5.74) is 8.51. The maximum absolute atomic E-state index is 5.93. The standard InChI is InChI=1S/C20H23N5O2/c1-26-16-7-6-13(11-17(16)27-2)14-10-15-18(22-12-14)23-20(21)24-19(15)25-8-4-3-5-9-25/h6-7,10-12H,3-5,8-9H2,1-2H3,(H2,21,22,23,24). The van der Waals surface area contributed by atoms with Crippen molar-refractivity contribution in [2.45, 2.75) is 19.3 Å². The predicted molar refractivity (Wildman–Crippen MR) is 106 cm³/mol. The number of pyridine rings is 1. The quantitative estimate of drug-likeness (QED) is 0.759. The molecule has 0 saturated carbocycles. The number of hydrogen-bond acceptors (Lipinski definition) is 7. The molecule has 0 bridgehead atoms. The average molecular weight is 365 g/mol. The number of rotatable bonds is 4. The lowest BCUT2D eigenvalue weighted by molar-refractivity contribution is 0.355. The fraction of sp³-hybridized carbons (Fsp3) is 0.350. The largest absolute Gasteiger partial charge is 0.493 e. The van der Waals surface area contributed by atoms with E-state index in [4.69, 9.17) is 15.2 Å². The van der Waals surface area contributed by atoms with E-state index in [1.54, 1.807) is 20.4 Å². The van der Waals surface area contributed by atoms with E-state index in [2.05, 4.69) is 25.9 Å². The van der Waals surface area contributed by atoms with Gasteiger partial charge in [-0.05, 0) is 43.0 Å². The molecule has 0 aliphatic carbocycles. The number of hydrogen-bond donors (Lipinski definition) is 1. The minimum absolute atomic E-state index is 0.259. The highest BCUT2D eigenvalue weighted by Crippen LogP contribution is 2.34. The van der Waals surface area contributed by atoms with Gasteiger partial charge in [-0.1, -0.05) is 6.07 Å². The maximum Gasteiger partial charge on any atom is 0.224 e. The molecule has 140 valence electrons. The van der Waals surface area contributed by atoms with Crippen molar-refractivity contribution in [1.29, 1.82) is 0 Å². The van der Waals surface area contributed by atoms with Crippen molar-refractivity contribution >= 4 is 22.8 Å². The zero-order valence-electron chi connectivity index (χ0n) is 15.6. The van der Waals surface area contributed by atoms with Crippen LogP contribution in [0.2, 0.25) is 0 Å². The van der Waals surface area contributed by atoms with Crippen LogP contribution in [0, 0.1) is 0 Å². The first-order valence-electron chi connectivity index (χ1n) is 9.10. The summed E-state index contributed by atoms with van der Waals surface area (Å²) in [4.78, 5) is 15.7. The average Bonchev–Trinajstić information content (AvgIpc) is 2.73. The molecule has 1 aliphatic rings. The van der Waals surface area contributed by atoms with E-state index in [1.807, 2.05) is 18.2 Å². The SMILES string of the molecule is COc1ccc(-c2cnc3nc(N)nc(N4CCCCC4)c3c2)cc1OC. The Balaban J connectivity index is 1.82. The van der Waals surface area contributed by atoms with Gasteiger partial charge in [-0.3, -0.25) is 0 Å².